The molecule has 0 aromatic heterocycles. The van der Waals surface area contributed by atoms with E-state index in [0.717, 1.165) is 38.5 Å². The fourth-order valence-electron chi connectivity index (χ4n) is 5.29. The van der Waals surface area contributed by atoms with E-state index in [-0.39, 0.29) is 32.6 Å². The molecule has 312 valence electrons. The summed E-state index contributed by atoms with van der Waals surface area (Å²) in [5, 5.41) is 10.0. The number of phosphoric ester groups is 1. The van der Waals surface area contributed by atoms with Gasteiger partial charge in [0.2, 0.25) is 0 Å². The van der Waals surface area contributed by atoms with Crippen LogP contribution in [0, 0.1) is 0 Å². The molecular formula is C43H76NO9P. The van der Waals surface area contributed by atoms with Crippen LogP contribution in [0.25, 0.3) is 0 Å². The van der Waals surface area contributed by atoms with Crippen molar-refractivity contribution in [2.45, 2.75) is 174 Å². The van der Waals surface area contributed by atoms with Crippen LogP contribution in [0.4, 0.5) is 0 Å². The quantitative estimate of drug-likeness (QED) is 0.0181. The topological polar surface area (TPSA) is 155 Å². The molecule has 0 amide bonds. The number of aliphatic hydroxyl groups excluding tert-OH is 1. The van der Waals surface area contributed by atoms with E-state index < -0.39 is 38.6 Å². The summed E-state index contributed by atoms with van der Waals surface area (Å²) < 4.78 is 32.6. The highest BCUT2D eigenvalue weighted by Crippen LogP contribution is 2.43. The van der Waals surface area contributed by atoms with E-state index in [1.807, 2.05) is 36.5 Å². The molecule has 11 heteroatoms. The molecule has 0 aromatic carbocycles. The molecule has 10 nitrogen and oxygen atoms in total. The Balaban J connectivity index is 4.36. The highest BCUT2D eigenvalue weighted by Gasteiger charge is 2.25. The zero-order chi connectivity index (χ0) is 39.8. The van der Waals surface area contributed by atoms with Crippen LogP contribution >= 0.6 is 7.82 Å². The van der Waals surface area contributed by atoms with Crippen molar-refractivity contribution in [2.24, 2.45) is 5.73 Å². The average molecular weight is 782 g/mol. The Morgan fingerprint density at radius 3 is 1.89 bits per heavy atom. The lowest BCUT2D eigenvalue weighted by molar-refractivity contribution is -0.161. The molecule has 0 fully saturated rings. The lowest BCUT2D eigenvalue weighted by Gasteiger charge is -2.19. The molecule has 0 aromatic rings. The number of phosphoric acid groups is 1. The van der Waals surface area contributed by atoms with Crippen LogP contribution in [0.15, 0.2) is 60.8 Å². The predicted molar refractivity (Wildman–Crippen MR) is 221 cm³/mol. The van der Waals surface area contributed by atoms with Crippen molar-refractivity contribution in [3.63, 3.8) is 0 Å². The first kappa shape index (κ1) is 51.7. The van der Waals surface area contributed by atoms with E-state index >= 15 is 0 Å². The minimum atomic E-state index is -4.41. The smallest absolute Gasteiger partial charge is 0.462 e. The number of ether oxygens (including phenoxy) is 2. The lowest BCUT2D eigenvalue weighted by atomic mass is 10.1. The van der Waals surface area contributed by atoms with Crippen LogP contribution in [0.1, 0.15) is 162 Å². The van der Waals surface area contributed by atoms with Crippen LogP contribution < -0.4 is 5.73 Å². The number of aliphatic hydroxyl groups is 1. The van der Waals surface area contributed by atoms with Gasteiger partial charge >= 0.3 is 19.8 Å². The van der Waals surface area contributed by atoms with Crippen molar-refractivity contribution in [1.82, 2.24) is 0 Å². The number of nitrogens with two attached hydrogens (primary N) is 1. The minimum Gasteiger partial charge on any atom is -0.462 e. The molecule has 3 atom stereocenters. The summed E-state index contributed by atoms with van der Waals surface area (Å²) in [5.74, 6) is -0.943. The van der Waals surface area contributed by atoms with Gasteiger partial charge in [0.1, 0.15) is 6.61 Å². The maximum Gasteiger partial charge on any atom is 0.472 e. The van der Waals surface area contributed by atoms with E-state index in [2.05, 4.69) is 32.1 Å². The van der Waals surface area contributed by atoms with Gasteiger partial charge in [0.25, 0.3) is 0 Å². The normalized spacial score (nSPS) is 14.5. The molecule has 0 spiro atoms. The van der Waals surface area contributed by atoms with Crippen molar-refractivity contribution in [1.29, 1.82) is 0 Å². The molecule has 4 N–H and O–H groups in total. The van der Waals surface area contributed by atoms with Crippen LogP contribution in [0.5, 0.6) is 0 Å². The van der Waals surface area contributed by atoms with Crippen molar-refractivity contribution in [3.05, 3.63) is 60.8 Å². The van der Waals surface area contributed by atoms with E-state index in [0.29, 0.717) is 25.7 Å². The average Bonchev–Trinajstić information content (AvgIpc) is 3.15. The maximum atomic E-state index is 12.5. The molecular weight excluding hydrogens is 705 g/mol. The number of rotatable bonds is 38. The zero-order valence-corrected chi connectivity index (χ0v) is 34.7. The second-order valence-electron chi connectivity index (χ2n) is 13.7. The highest BCUT2D eigenvalue weighted by molar-refractivity contribution is 7.47. The van der Waals surface area contributed by atoms with Crippen LogP contribution in [-0.4, -0.2) is 60.5 Å². The molecule has 0 saturated carbocycles. The first-order valence-corrected chi connectivity index (χ1v) is 22.4. The number of esters is 2. The third kappa shape index (κ3) is 38.0. The summed E-state index contributed by atoms with van der Waals surface area (Å²) >= 11 is 0. The van der Waals surface area contributed by atoms with Gasteiger partial charge in [0, 0.05) is 19.4 Å². The Kier molecular flexibility index (Phi) is 37.2. The van der Waals surface area contributed by atoms with E-state index in [1.165, 1.54) is 70.6 Å². The largest absolute Gasteiger partial charge is 0.472 e. The Labute approximate surface area is 328 Å². The summed E-state index contributed by atoms with van der Waals surface area (Å²) in [6.45, 7) is 3.51. The van der Waals surface area contributed by atoms with Crippen molar-refractivity contribution < 1.29 is 42.7 Å². The number of hydrogen-bond donors (Lipinski definition) is 3. The Hall–Kier alpha value is -2.33. The first-order chi connectivity index (χ1) is 26.2. The predicted octanol–water partition coefficient (Wildman–Crippen LogP) is 10.7. The molecule has 0 bridgehead atoms. The molecule has 0 saturated heterocycles. The van der Waals surface area contributed by atoms with Gasteiger partial charge in [-0.05, 0) is 70.6 Å². The van der Waals surface area contributed by atoms with Gasteiger partial charge in [-0.3, -0.25) is 18.6 Å². The van der Waals surface area contributed by atoms with Crippen molar-refractivity contribution in [3.8, 4) is 0 Å². The fraction of sp³-hybridized carbons (Fsp3) is 0.721. The summed E-state index contributed by atoms with van der Waals surface area (Å²) in [4.78, 5) is 34.8. The van der Waals surface area contributed by atoms with Crippen molar-refractivity contribution in [2.75, 3.05) is 26.4 Å². The Morgan fingerprint density at radius 1 is 0.648 bits per heavy atom. The number of carbonyl (C=O) groups excluding carboxylic acids is 2. The number of unbranched alkanes of at least 4 members (excludes halogenated alkanes) is 15. The highest BCUT2D eigenvalue weighted by atomic mass is 31.2. The summed E-state index contributed by atoms with van der Waals surface area (Å²) in [6.07, 6.45) is 41.4. The third-order valence-corrected chi connectivity index (χ3v) is 9.44. The van der Waals surface area contributed by atoms with Crippen molar-refractivity contribution >= 4 is 19.8 Å². The molecule has 0 rings (SSSR count). The number of carbonyl (C=O) groups is 2. The van der Waals surface area contributed by atoms with Gasteiger partial charge < -0.3 is 25.2 Å². The van der Waals surface area contributed by atoms with Crippen LogP contribution in [0.3, 0.4) is 0 Å². The minimum absolute atomic E-state index is 0.0319. The monoisotopic (exact) mass is 782 g/mol. The van der Waals surface area contributed by atoms with Gasteiger partial charge in [0.05, 0.1) is 19.3 Å². The van der Waals surface area contributed by atoms with Gasteiger partial charge in [-0.25, -0.2) is 4.57 Å². The standard InChI is InChI=1S/C43H76NO9P/c1-3-5-7-9-11-12-13-14-15-16-17-18-22-26-30-34-42(46)50-38-41(39-52-54(48,49)51-37-36-44)53-43(47)35-31-27-23-20-19-21-25-29-33-40(45)32-28-24-10-8-6-4-2/h12-13,20-21,23-25,28-29,33,40-41,45H,3-11,14-19,22,26-27,30-32,34-39,44H2,1-2H3,(H,48,49)/b13-12-,23-20-,25-21-,28-24-,33-29+/t40-,41+/m0/s1. The van der Waals surface area contributed by atoms with E-state index in [1.54, 1.807) is 6.08 Å². The van der Waals surface area contributed by atoms with Crippen LogP contribution in [-0.2, 0) is 32.7 Å². The third-order valence-electron chi connectivity index (χ3n) is 8.46. The maximum absolute atomic E-state index is 12.5. The second-order valence-corrected chi connectivity index (χ2v) is 15.2. The van der Waals surface area contributed by atoms with E-state index in [9.17, 15) is 24.2 Å². The molecule has 0 radical (unpaired) electrons. The molecule has 0 heterocycles. The fourth-order valence-corrected chi connectivity index (χ4v) is 6.06. The second kappa shape index (κ2) is 38.9. The van der Waals surface area contributed by atoms with Gasteiger partial charge in [-0.15, -0.1) is 0 Å². The summed E-state index contributed by atoms with van der Waals surface area (Å²) in [7, 11) is -4.41. The first-order valence-electron chi connectivity index (χ1n) is 20.9. The van der Waals surface area contributed by atoms with Crippen LogP contribution in [0.2, 0.25) is 0 Å². The zero-order valence-electron chi connectivity index (χ0n) is 33.8. The SMILES string of the molecule is CCCCC/C=C\C[C@H](O)/C=C/C=C\C/C=C\CCCC(=O)O[C@H](COC(=O)CCCCCCCCC/C=C\CCCCCC)COP(=O)(O)OCCN. The summed E-state index contributed by atoms with van der Waals surface area (Å²) in [6, 6.07) is 0. The molecule has 1 unspecified atom stereocenters. The lowest BCUT2D eigenvalue weighted by Crippen LogP contribution is -2.29. The summed E-state index contributed by atoms with van der Waals surface area (Å²) in [5.41, 5.74) is 5.33. The Bertz CT molecular complexity index is 1090. The van der Waals surface area contributed by atoms with Gasteiger partial charge in [-0.2, -0.15) is 0 Å². The number of hydrogen-bond acceptors (Lipinski definition) is 9. The molecule has 0 aliphatic heterocycles. The van der Waals surface area contributed by atoms with Gasteiger partial charge in [-0.1, -0.05) is 139 Å². The number of allylic oxidation sites excluding steroid dienone is 8. The molecule has 0 aliphatic rings. The molecule has 54 heavy (non-hydrogen) atoms. The van der Waals surface area contributed by atoms with E-state index in [4.69, 9.17) is 24.3 Å². The van der Waals surface area contributed by atoms with Gasteiger partial charge in [0.15, 0.2) is 6.10 Å². The Morgan fingerprint density at radius 2 is 1.20 bits per heavy atom. The molecule has 0 aliphatic carbocycles.